The van der Waals surface area contributed by atoms with Gasteiger partial charge in [0, 0.05) is 48.0 Å². The molecule has 0 N–H and O–H groups in total. The molecule has 0 radical (unpaired) electrons. The third kappa shape index (κ3) is 4.44. The van der Waals surface area contributed by atoms with Gasteiger partial charge in [-0.25, -0.2) is 4.39 Å². The average Bonchev–Trinajstić information content (AvgIpc) is 3.51. The number of halogens is 2. The van der Waals surface area contributed by atoms with Gasteiger partial charge >= 0.3 is 0 Å². The van der Waals surface area contributed by atoms with Gasteiger partial charge in [0.05, 0.1) is 23.3 Å². The number of thioether (sulfide) groups is 1. The lowest BCUT2D eigenvalue weighted by Gasteiger charge is -2.28. The molecule has 1 unspecified atom stereocenters. The number of alkyl halides is 1. The molecular weight excluding hydrogens is 401 g/mol. The number of rotatable bonds is 8. The van der Waals surface area contributed by atoms with Crippen molar-refractivity contribution in [3.05, 3.63) is 39.6 Å². The van der Waals surface area contributed by atoms with Crippen molar-refractivity contribution in [3.8, 4) is 0 Å². The van der Waals surface area contributed by atoms with E-state index >= 15 is 0 Å². The third-order valence-electron chi connectivity index (χ3n) is 4.87. The van der Waals surface area contributed by atoms with Crippen LogP contribution in [0.4, 0.5) is 4.39 Å². The molecule has 1 saturated carbocycles. The van der Waals surface area contributed by atoms with E-state index in [2.05, 4.69) is 0 Å². The molecule has 1 aliphatic carbocycles. The minimum absolute atomic E-state index is 0.00568. The zero-order valence-electron chi connectivity index (χ0n) is 16.4. The quantitative estimate of drug-likeness (QED) is 0.259. The summed E-state index contributed by atoms with van der Waals surface area (Å²) in [6.45, 7) is 1.35. The number of fused-ring (bicyclic) bond motifs is 1. The van der Waals surface area contributed by atoms with Crippen LogP contribution in [0, 0.1) is 12.8 Å². The number of hydrogen-bond acceptors (Lipinski definition) is 5. The van der Waals surface area contributed by atoms with E-state index in [0.717, 1.165) is 34.6 Å². The Hall–Kier alpha value is -1.37. The Labute approximate surface area is 174 Å². The molecule has 4 nitrogen and oxygen atoms in total. The molecule has 152 valence electrons. The van der Waals surface area contributed by atoms with Crippen molar-refractivity contribution < 1.29 is 18.7 Å². The molecule has 28 heavy (non-hydrogen) atoms. The van der Waals surface area contributed by atoms with Gasteiger partial charge in [0.25, 0.3) is 0 Å². The Bertz CT molecular complexity index is 820. The summed E-state index contributed by atoms with van der Waals surface area (Å²) in [7, 11) is 3.56. The van der Waals surface area contributed by atoms with E-state index in [0.29, 0.717) is 17.0 Å². The molecule has 1 aromatic carbocycles. The van der Waals surface area contributed by atoms with Gasteiger partial charge in [-0.05, 0) is 37.8 Å². The molecule has 0 aromatic heterocycles. The van der Waals surface area contributed by atoms with Gasteiger partial charge in [-0.3, -0.25) is 9.59 Å². The maximum absolute atomic E-state index is 13.3. The van der Waals surface area contributed by atoms with Crippen LogP contribution in [0.2, 0.25) is 5.02 Å². The Morgan fingerprint density at radius 1 is 1.36 bits per heavy atom. The lowest BCUT2D eigenvalue weighted by Crippen LogP contribution is -2.21. The molecule has 7 heteroatoms. The number of hydrogen-bond donors (Lipinski definition) is 0. The first kappa shape index (κ1) is 21.3. The topological polar surface area (TPSA) is 46.6 Å². The van der Waals surface area contributed by atoms with Crippen molar-refractivity contribution in [1.82, 2.24) is 4.90 Å². The van der Waals surface area contributed by atoms with E-state index in [1.807, 2.05) is 6.92 Å². The van der Waals surface area contributed by atoms with Crippen molar-refractivity contribution in [2.24, 2.45) is 5.92 Å². The SMILES string of the molecule is Cc1cc(C(=O)/C(=C/N(C)C)C(=O)C2CC2)c(Cl)c2c1SCCC2OCCF. The van der Waals surface area contributed by atoms with E-state index in [4.69, 9.17) is 16.3 Å². The van der Waals surface area contributed by atoms with Gasteiger partial charge in [0.15, 0.2) is 11.6 Å². The highest BCUT2D eigenvalue weighted by Gasteiger charge is 2.36. The third-order valence-corrected chi connectivity index (χ3v) is 6.55. The smallest absolute Gasteiger partial charge is 0.199 e. The summed E-state index contributed by atoms with van der Waals surface area (Å²) in [6, 6.07) is 1.76. The van der Waals surface area contributed by atoms with E-state index in [1.54, 1.807) is 43.0 Å². The van der Waals surface area contributed by atoms with Crippen molar-refractivity contribution in [3.63, 3.8) is 0 Å². The number of allylic oxidation sites excluding steroid dienone is 1. The summed E-state index contributed by atoms with van der Waals surface area (Å²) in [6.07, 6.45) is 3.59. The normalized spacial score (nSPS) is 19.3. The van der Waals surface area contributed by atoms with Crippen LogP contribution in [0.3, 0.4) is 0 Å². The minimum atomic E-state index is -0.570. The van der Waals surface area contributed by atoms with Crippen LogP contribution in [0.5, 0.6) is 0 Å². The van der Waals surface area contributed by atoms with Crippen molar-refractivity contribution in [1.29, 1.82) is 0 Å². The molecule has 0 saturated heterocycles. The number of ketones is 2. The molecule has 0 bridgehead atoms. The minimum Gasteiger partial charge on any atom is -0.383 e. The molecule has 0 amide bonds. The zero-order chi connectivity index (χ0) is 20.4. The first-order chi connectivity index (χ1) is 13.3. The van der Waals surface area contributed by atoms with E-state index in [9.17, 15) is 14.0 Å². The summed E-state index contributed by atoms with van der Waals surface area (Å²) in [5.41, 5.74) is 2.15. The van der Waals surface area contributed by atoms with Gasteiger partial charge in [0.1, 0.15) is 6.67 Å². The molecule has 3 rings (SSSR count). The lowest BCUT2D eigenvalue weighted by molar-refractivity contribution is -0.116. The second-order valence-electron chi connectivity index (χ2n) is 7.46. The van der Waals surface area contributed by atoms with Crippen LogP contribution in [0.1, 0.15) is 46.9 Å². The van der Waals surface area contributed by atoms with Crippen LogP contribution >= 0.6 is 23.4 Å². The second-order valence-corrected chi connectivity index (χ2v) is 8.94. The fraction of sp³-hybridized carbons (Fsp3) is 0.524. The van der Waals surface area contributed by atoms with Crippen molar-refractivity contribution in [2.45, 2.75) is 37.2 Å². The second kappa shape index (κ2) is 8.97. The van der Waals surface area contributed by atoms with Gasteiger partial charge in [-0.15, -0.1) is 11.8 Å². The maximum atomic E-state index is 13.3. The van der Waals surface area contributed by atoms with Crippen molar-refractivity contribution >= 4 is 34.9 Å². The fourth-order valence-corrected chi connectivity index (χ4v) is 5.04. The zero-order valence-corrected chi connectivity index (χ0v) is 18.0. The van der Waals surface area contributed by atoms with Gasteiger partial charge in [-0.2, -0.15) is 0 Å². The van der Waals surface area contributed by atoms with Gasteiger partial charge < -0.3 is 9.64 Å². The number of aryl methyl sites for hydroxylation is 1. The highest BCUT2D eigenvalue weighted by atomic mass is 35.5. The van der Waals surface area contributed by atoms with Crippen LogP contribution < -0.4 is 0 Å². The predicted molar refractivity (Wildman–Crippen MR) is 110 cm³/mol. The molecule has 1 fully saturated rings. The summed E-state index contributed by atoms with van der Waals surface area (Å²) < 4.78 is 18.3. The summed E-state index contributed by atoms with van der Waals surface area (Å²) >= 11 is 8.36. The average molecular weight is 426 g/mol. The first-order valence-corrected chi connectivity index (χ1v) is 10.8. The molecule has 0 spiro atoms. The van der Waals surface area contributed by atoms with Crippen LogP contribution in [-0.2, 0) is 9.53 Å². The standard InChI is InChI=1S/C21H25ClFNO3S/c1-12-10-14(20(26)15(11-24(2)3)19(25)13-4-5-13)18(22)17-16(27-8-7-23)6-9-28-21(12)17/h10-11,13,16H,4-9H2,1-3H3/b15-11+. The predicted octanol–water partition coefficient (Wildman–Crippen LogP) is 4.78. The monoisotopic (exact) mass is 425 g/mol. The Morgan fingerprint density at radius 3 is 2.68 bits per heavy atom. The number of carbonyl (C=O) groups excluding carboxylic acids is 2. The van der Waals surface area contributed by atoms with E-state index in [-0.39, 0.29) is 35.8 Å². The number of Topliss-reactive ketones (excluding diaryl/α,β-unsaturated/α-hetero) is 2. The Kier molecular flexibility index (Phi) is 6.84. The highest BCUT2D eigenvalue weighted by molar-refractivity contribution is 7.99. The van der Waals surface area contributed by atoms with Gasteiger partial charge in [0.2, 0.25) is 0 Å². The van der Waals surface area contributed by atoms with Crippen molar-refractivity contribution in [2.75, 3.05) is 33.1 Å². The fourth-order valence-electron chi connectivity index (χ4n) is 3.42. The molecule has 1 aromatic rings. The maximum Gasteiger partial charge on any atom is 0.199 e. The summed E-state index contributed by atoms with van der Waals surface area (Å²) in [5, 5.41) is 0.315. The largest absolute Gasteiger partial charge is 0.383 e. The highest BCUT2D eigenvalue weighted by Crippen LogP contribution is 2.46. The van der Waals surface area contributed by atoms with E-state index < -0.39 is 6.67 Å². The Balaban J connectivity index is 2.05. The van der Waals surface area contributed by atoms with Crippen LogP contribution in [0.15, 0.2) is 22.7 Å². The van der Waals surface area contributed by atoms with Crippen LogP contribution in [-0.4, -0.2) is 49.6 Å². The summed E-state index contributed by atoms with van der Waals surface area (Å²) in [4.78, 5) is 28.7. The molecule has 1 aliphatic heterocycles. The number of nitrogens with zero attached hydrogens (tertiary/aromatic N) is 1. The van der Waals surface area contributed by atoms with Crippen LogP contribution in [0.25, 0.3) is 0 Å². The Morgan fingerprint density at radius 2 is 2.07 bits per heavy atom. The molecule has 2 aliphatic rings. The molecule has 1 heterocycles. The lowest BCUT2D eigenvalue weighted by atomic mass is 9.93. The first-order valence-electron chi connectivity index (χ1n) is 9.45. The number of ether oxygens (including phenoxy) is 1. The van der Waals surface area contributed by atoms with E-state index in [1.165, 1.54) is 0 Å². The molecule has 1 atom stereocenters. The van der Waals surface area contributed by atoms with Gasteiger partial charge in [-0.1, -0.05) is 11.6 Å². The number of carbonyl (C=O) groups is 2. The summed E-state index contributed by atoms with van der Waals surface area (Å²) in [5.74, 6) is 0.301. The molecular formula is C21H25ClFNO3S. The number of benzene rings is 1.